The Balaban J connectivity index is 0.00000529. The molecule has 0 radical (unpaired) electrons. The fraction of sp³-hybridized carbons (Fsp3) is 0.467. The minimum absolute atomic E-state index is 0. The number of anilines is 1. The van der Waals surface area contributed by atoms with Crippen LogP contribution in [0.3, 0.4) is 0 Å². The van der Waals surface area contributed by atoms with Crippen LogP contribution in [0.25, 0.3) is 0 Å². The SMILES string of the molecule is CC(C)[C@H](N)C(=O)Nc1cccc(CN(C)C(=O)C(F)(F)F)c1.Cl. The Morgan fingerprint density at radius 1 is 1.29 bits per heavy atom. The summed E-state index contributed by atoms with van der Waals surface area (Å²) in [5.41, 5.74) is 6.60. The zero-order valence-corrected chi connectivity index (χ0v) is 14.4. The summed E-state index contributed by atoms with van der Waals surface area (Å²) in [7, 11) is 1.07. The molecule has 1 atom stereocenters. The van der Waals surface area contributed by atoms with Crippen molar-refractivity contribution in [3.63, 3.8) is 0 Å². The van der Waals surface area contributed by atoms with Crippen molar-refractivity contribution >= 4 is 29.9 Å². The molecule has 0 aliphatic rings. The molecular weight excluding hydrogens is 347 g/mol. The van der Waals surface area contributed by atoms with Gasteiger partial charge in [0.05, 0.1) is 6.04 Å². The molecule has 0 aromatic heterocycles. The maximum Gasteiger partial charge on any atom is 0.471 e. The van der Waals surface area contributed by atoms with Gasteiger partial charge in [-0.15, -0.1) is 12.4 Å². The number of benzene rings is 1. The summed E-state index contributed by atoms with van der Waals surface area (Å²) in [6, 6.07) is 5.56. The van der Waals surface area contributed by atoms with Gasteiger partial charge in [-0.25, -0.2) is 0 Å². The van der Waals surface area contributed by atoms with Crippen LogP contribution in [0.4, 0.5) is 18.9 Å². The van der Waals surface area contributed by atoms with Crippen LogP contribution in [0, 0.1) is 5.92 Å². The number of rotatable bonds is 5. The van der Waals surface area contributed by atoms with Crippen molar-refractivity contribution in [3.8, 4) is 0 Å². The minimum atomic E-state index is -4.91. The Labute approximate surface area is 144 Å². The van der Waals surface area contributed by atoms with Crippen LogP contribution in [0.1, 0.15) is 19.4 Å². The van der Waals surface area contributed by atoms with Crippen LogP contribution >= 0.6 is 12.4 Å². The summed E-state index contributed by atoms with van der Waals surface area (Å²) in [6.45, 7) is 3.38. The summed E-state index contributed by atoms with van der Waals surface area (Å²) in [5.74, 6) is -2.35. The van der Waals surface area contributed by atoms with Gasteiger partial charge in [-0.05, 0) is 23.6 Å². The molecule has 9 heteroatoms. The molecule has 1 rings (SSSR count). The van der Waals surface area contributed by atoms with Gasteiger partial charge >= 0.3 is 12.1 Å². The lowest BCUT2D eigenvalue weighted by Crippen LogP contribution is -2.39. The number of nitrogens with two attached hydrogens (primary N) is 1. The first kappa shape index (κ1) is 22.2. The van der Waals surface area contributed by atoms with E-state index in [-0.39, 0.29) is 30.8 Å². The zero-order valence-electron chi connectivity index (χ0n) is 13.6. The smallest absolute Gasteiger partial charge is 0.334 e. The summed E-state index contributed by atoms with van der Waals surface area (Å²) in [4.78, 5) is 23.6. The van der Waals surface area contributed by atoms with E-state index in [1.165, 1.54) is 6.07 Å². The summed E-state index contributed by atoms with van der Waals surface area (Å²) < 4.78 is 37.1. The lowest BCUT2D eigenvalue weighted by Gasteiger charge is -2.19. The van der Waals surface area contributed by atoms with E-state index in [1.807, 2.05) is 0 Å². The number of amides is 2. The molecule has 1 aromatic carbocycles. The topological polar surface area (TPSA) is 75.4 Å². The fourth-order valence-corrected chi connectivity index (χ4v) is 1.84. The van der Waals surface area contributed by atoms with Crippen molar-refractivity contribution in [1.82, 2.24) is 4.90 Å². The first-order valence-electron chi connectivity index (χ1n) is 7.00. The molecule has 0 saturated heterocycles. The number of carbonyl (C=O) groups is 2. The van der Waals surface area contributed by atoms with Gasteiger partial charge < -0.3 is 16.0 Å². The molecule has 24 heavy (non-hydrogen) atoms. The molecule has 0 fully saturated rings. The molecule has 0 bridgehead atoms. The normalized spacial score (nSPS) is 12.3. The summed E-state index contributed by atoms with van der Waals surface area (Å²) >= 11 is 0. The van der Waals surface area contributed by atoms with Gasteiger partial charge in [0.1, 0.15) is 0 Å². The maximum atomic E-state index is 12.4. The van der Waals surface area contributed by atoms with Crippen LogP contribution in [0.2, 0.25) is 0 Å². The third-order valence-electron chi connectivity index (χ3n) is 3.22. The van der Waals surface area contributed by atoms with Crippen molar-refractivity contribution in [1.29, 1.82) is 0 Å². The van der Waals surface area contributed by atoms with E-state index in [4.69, 9.17) is 5.73 Å². The second-order valence-electron chi connectivity index (χ2n) is 5.62. The Morgan fingerprint density at radius 2 is 1.88 bits per heavy atom. The quantitative estimate of drug-likeness (QED) is 0.839. The van der Waals surface area contributed by atoms with Crippen molar-refractivity contribution in [3.05, 3.63) is 29.8 Å². The van der Waals surface area contributed by atoms with E-state index in [1.54, 1.807) is 32.0 Å². The summed E-state index contributed by atoms with van der Waals surface area (Å²) in [6.07, 6.45) is -4.91. The molecule has 0 heterocycles. The maximum absolute atomic E-state index is 12.4. The van der Waals surface area contributed by atoms with E-state index in [0.29, 0.717) is 16.2 Å². The highest BCUT2D eigenvalue weighted by atomic mass is 35.5. The Hall–Kier alpha value is -1.80. The number of hydrogen-bond donors (Lipinski definition) is 2. The van der Waals surface area contributed by atoms with Crippen LogP contribution in [0.5, 0.6) is 0 Å². The van der Waals surface area contributed by atoms with Gasteiger partial charge in [-0.3, -0.25) is 9.59 Å². The Bertz CT molecular complexity index is 579. The molecule has 0 spiro atoms. The molecule has 5 nitrogen and oxygen atoms in total. The predicted molar refractivity (Wildman–Crippen MR) is 87.7 cm³/mol. The van der Waals surface area contributed by atoms with E-state index >= 15 is 0 Å². The van der Waals surface area contributed by atoms with Crippen LogP contribution in [-0.4, -0.2) is 36.0 Å². The average Bonchev–Trinajstić information content (AvgIpc) is 2.44. The van der Waals surface area contributed by atoms with Crippen molar-refractivity contribution in [2.24, 2.45) is 11.7 Å². The Morgan fingerprint density at radius 3 is 2.38 bits per heavy atom. The average molecular weight is 368 g/mol. The van der Waals surface area contributed by atoms with E-state index in [2.05, 4.69) is 5.32 Å². The molecule has 0 aliphatic heterocycles. The van der Waals surface area contributed by atoms with Gasteiger partial charge in [0, 0.05) is 19.3 Å². The third-order valence-corrected chi connectivity index (χ3v) is 3.22. The van der Waals surface area contributed by atoms with Crippen LogP contribution < -0.4 is 11.1 Å². The van der Waals surface area contributed by atoms with Crippen LogP contribution in [-0.2, 0) is 16.1 Å². The standard InChI is InChI=1S/C15H20F3N3O2.ClH/c1-9(2)12(19)13(22)20-11-6-4-5-10(7-11)8-21(3)14(23)15(16,17)18;/h4-7,9,12H,8,19H2,1-3H3,(H,20,22);1H/t12-;/m0./s1. The first-order chi connectivity index (χ1) is 10.5. The van der Waals surface area contributed by atoms with E-state index < -0.39 is 18.1 Å². The second-order valence-corrected chi connectivity index (χ2v) is 5.62. The monoisotopic (exact) mass is 367 g/mol. The molecule has 0 unspecified atom stereocenters. The third kappa shape index (κ3) is 6.37. The van der Waals surface area contributed by atoms with Gasteiger partial charge in [0.15, 0.2) is 0 Å². The molecule has 0 aliphatic carbocycles. The van der Waals surface area contributed by atoms with Crippen LogP contribution in [0.15, 0.2) is 24.3 Å². The largest absolute Gasteiger partial charge is 0.471 e. The lowest BCUT2D eigenvalue weighted by atomic mass is 10.0. The molecule has 2 amide bonds. The Kier molecular flexibility index (Phi) is 8.22. The second kappa shape index (κ2) is 8.89. The number of nitrogens with one attached hydrogen (secondary N) is 1. The van der Waals surface area contributed by atoms with E-state index in [0.717, 1.165) is 7.05 Å². The summed E-state index contributed by atoms with van der Waals surface area (Å²) in [5, 5.41) is 2.61. The highest BCUT2D eigenvalue weighted by Gasteiger charge is 2.41. The molecule has 1 aromatic rings. The van der Waals surface area contributed by atoms with Gasteiger partial charge in [0.25, 0.3) is 0 Å². The van der Waals surface area contributed by atoms with Gasteiger partial charge in [0.2, 0.25) is 5.91 Å². The fourth-order valence-electron chi connectivity index (χ4n) is 1.84. The van der Waals surface area contributed by atoms with Crippen molar-refractivity contribution in [2.75, 3.05) is 12.4 Å². The highest BCUT2D eigenvalue weighted by Crippen LogP contribution is 2.20. The van der Waals surface area contributed by atoms with Gasteiger partial charge in [-0.2, -0.15) is 13.2 Å². The highest BCUT2D eigenvalue weighted by molar-refractivity contribution is 5.94. The number of alkyl halides is 3. The lowest BCUT2D eigenvalue weighted by molar-refractivity contribution is -0.184. The van der Waals surface area contributed by atoms with Crippen molar-refractivity contribution in [2.45, 2.75) is 32.6 Å². The molecule has 3 N–H and O–H groups in total. The zero-order chi connectivity index (χ0) is 17.8. The number of carbonyl (C=O) groups excluding carboxylic acids is 2. The minimum Gasteiger partial charge on any atom is -0.334 e. The number of halogens is 4. The predicted octanol–water partition coefficient (Wildman–Crippen LogP) is 2.55. The van der Waals surface area contributed by atoms with E-state index in [9.17, 15) is 22.8 Å². The molecule has 136 valence electrons. The first-order valence-corrected chi connectivity index (χ1v) is 7.00. The number of nitrogens with zero attached hydrogens (tertiary/aromatic N) is 1. The van der Waals surface area contributed by atoms with Crippen molar-refractivity contribution < 1.29 is 22.8 Å². The molecule has 0 saturated carbocycles. The van der Waals surface area contributed by atoms with Gasteiger partial charge in [-0.1, -0.05) is 26.0 Å². The number of hydrogen-bond acceptors (Lipinski definition) is 3. The molecular formula is C15H21ClF3N3O2.